The fourth-order valence-corrected chi connectivity index (χ4v) is 8.14. The van der Waals surface area contributed by atoms with Crippen molar-refractivity contribution in [3.05, 3.63) is 217 Å². The molecule has 0 aliphatic heterocycles. The van der Waals surface area contributed by atoms with Gasteiger partial charge in [0.25, 0.3) is 0 Å². The molecule has 0 N–H and O–H groups in total. The van der Waals surface area contributed by atoms with E-state index >= 15 is 0 Å². The number of nitriles is 2. The van der Waals surface area contributed by atoms with Crippen LogP contribution in [-0.4, -0.2) is 14.5 Å². The molecule has 0 fully saturated rings. The summed E-state index contributed by atoms with van der Waals surface area (Å²) in [6, 6.07) is 69.2. The van der Waals surface area contributed by atoms with Crippen molar-refractivity contribution < 1.29 is 0 Å². The number of benzene rings is 8. The van der Waals surface area contributed by atoms with Crippen molar-refractivity contribution in [2.24, 2.45) is 0 Å². The molecule has 6 heteroatoms. The van der Waals surface area contributed by atoms with E-state index in [2.05, 4.69) is 100 Å². The van der Waals surface area contributed by atoms with Crippen LogP contribution in [0.5, 0.6) is 0 Å². The van der Waals surface area contributed by atoms with Crippen molar-refractivity contribution in [3.63, 3.8) is 0 Å². The van der Waals surface area contributed by atoms with Crippen LogP contribution in [0, 0.1) is 29.2 Å². The number of nitrogens with zero attached hydrogens (tertiary/aromatic N) is 6. The normalized spacial score (nSPS) is 10.9. The lowest BCUT2D eigenvalue weighted by atomic mass is 9.92. The lowest BCUT2D eigenvalue weighted by molar-refractivity contribution is 1.17. The molecule has 8 aromatic carbocycles. The Labute approximate surface area is 353 Å². The van der Waals surface area contributed by atoms with Gasteiger partial charge in [0.05, 0.1) is 57.9 Å². The first-order valence-corrected chi connectivity index (χ1v) is 19.8. The molecular formula is C55H32N6. The van der Waals surface area contributed by atoms with Crippen LogP contribution in [0.2, 0.25) is 0 Å². The molecule has 2 aromatic heterocycles. The zero-order valence-corrected chi connectivity index (χ0v) is 32.7. The maximum absolute atomic E-state index is 9.84. The Balaban J connectivity index is 1.31. The summed E-state index contributed by atoms with van der Waals surface area (Å²) in [6.45, 7) is 7.73. The highest BCUT2D eigenvalue weighted by atomic mass is 15.0. The molecule has 0 aliphatic rings. The smallest absolute Gasteiger partial charge is 0.187 e. The molecule has 0 saturated heterocycles. The summed E-state index contributed by atoms with van der Waals surface area (Å²) < 4.78 is 2.33. The van der Waals surface area contributed by atoms with Gasteiger partial charge in [-0.1, -0.05) is 133 Å². The van der Waals surface area contributed by atoms with Gasteiger partial charge in [-0.05, 0) is 82.9 Å². The van der Waals surface area contributed by atoms with Gasteiger partial charge in [0.15, 0.2) is 11.5 Å². The SMILES string of the molecule is [C-]#[N+]c1ccc(-c2cc(-c3nc(-c4ccccc4)cc(-c4ccccc4)n3)cc(-c3ccc(C#N)cc3)c2-n2c3ccccc3c3cc(-c4cccc(C#N)c4)ccc32)cc1. The van der Waals surface area contributed by atoms with Gasteiger partial charge in [0.1, 0.15) is 0 Å². The zero-order chi connectivity index (χ0) is 41.3. The van der Waals surface area contributed by atoms with Crippen LogP contribution in [0.1, 0.15) is 11.1 Å². The molecule has 0 radical (unpaired) electrons. The summed E-state index contributed by atoms with van der Waals surface area (Å²) in [5, 5.41) is 21.7. The van der Waals surface area contributed by atoms with Crippen LogP contribution in [0.3, 0.4) is 0 Å². The molecule has 10 rings (SSSR count). The molecule has 0 unspecified atom stereocenters. The summed E-state index contributed by atoms with van der Waals surface area (Å²) in [7, 11) is 0. The van der Waals surface area contributed by atoms with Crippen molar-refractivity contribution in [2.75, 3.05) is 0 Å². The molecule has 0 aliphatic carbocycles. The Hall–Kier alpha value is -8.89. The fraction of sp³-hybridized carbons (Fsp3) is 0. The minimum Gasteiger partial charge on any atom is -0.308 e. The summed E-state index contributed by atoms with van der Waals surface area (Å²) in [5.41, 5.74) is 14.6. The van der Waals surface area contributed by atoms with E-state index in [1.807, 2.05) is 115 Å². The highest BCUT2D eigenvalue weighted by Gasteiger charge is 2.23. The van der Waals surface area contributed by atoms with Crippen molar-refractivity contribution >= 4 is 27.5 Å². The van der Waals surface area contributed by atoms with Gasteiger partial charge in [0, 0.05) is 38.6 Å². The maximum atomic E-state index is 9.84. The van der Waals surface area contributed by atoms with E-state index in [9.17, 15) is 10.5 Å². The average molecular weight is 777 g/mol. The second-order valence-electron chi connectivity index (χ2n) is 14.7. The van der Waals surface area contributed by atoms with Crippen LogP contribution in [-0.2, 0) is 0 Å². The number of fused-ring (bicyclic) bond motifs is 3. The van der Waals surface area contributed by atoms with E-state index in [4.69, 9.17) is 16.5 Å². The Morgan fingerprint density at radius 3 is 1.59 bits per heavy atom. The van der Waals surface area contributed by atoms with Gasteiger partial charge in [-0.15, -0.1) is 0 Å². The number of para-hydroxylation sites is 1. The lowest BCUT2D eigenvalue weighted by Gasteiger charge is -2.21. The van der Waals surface area contributed by atoms with Gasteiger partial charge in [-0.2, -0.15) is 10.5 Å². The molecule has 282 valence electrons. The monoisotopic (exact) mass is 776 g/mol. The van der Waals surface area contributed by atoms with Gasteiger partial charge >= 0.3 is 0 Å². The number of hydrogen-bond acceptors (Lipinski definition) is 4. The Morgan fingerprint density at radius 1 is 0.426 bits per heavy atom. The van der Waals surface area contributed by atoms with Crippen LogP contribution >= 0.6 is 0 Å². The van der Waals surface area contributed by atoms with Crippen molar-refractivity contribution in [2.45, 2.75) is 0 Å². The molecule has 0 saturated carbocycles. The number of rotatable bonds is 7. The van der Waals surface area contributed by atoms with Gasteiger partial charge in [-0.3, -0.25) is 0 Å². The highest BCUT2D eigenvalue weighted by Crippen LogP contribution is 2.45. The van der Waals surface area contributed by atoms with Crippen molar-refractivity contribution in [1.82, 2.24) is 14.5 Å². The molecule has 61 heavy (non-hydrogen) atoms. The predicted octanol–water partition coefficient (Wildman–Crippen LogP) is 13.9. The number of aromatic nitrogens is 3. The molecule has 10 aromatic rings. The Kier molecular flexibility index (Phi) is 9.24. The topological polar surface area (TPSA) is 82.7 Å². The molecule has 0 spiro atoms. The van der Waals surface area contributed by atoms with E-state index in [1.54, 1.807) is 0 Å². The molecule has 2 heterocycles. The third-order valence-corrected chi connectivity index (χ3v) is 11.1. The minimum atomic E-state index is 0.546. The van der Waals surface area contributed by atoms with Gasteiger partial charge in [0.2, 0.25) is 0 Å². The van der Waals surface area contributed by atoms with Crippen LogP contribution in [0.15, 0.2) is 194 Å². The lowest BCUT2D eigenvalue weighted by Crippen LogP contribution is -2.03. The molecule has 0 atom stereocenters. The van der Waals surface area contributed by atoms with Crippen LogP contribution < -0.4 is 0 Å². The average Bonchev–Trinajstić information content (AvgIpc) is 3.67. The maximum Gasteiger partial charge on any atom is 0.187 e. The van der Waals surface area contributed by atoms with E-state index in [-0.39, 0.29) is 0 Å². The van der Waals surface area contributed by atoms with E-state index in [0.29, 0.717) is 22.6 Å². The zero-order valence-electron chi connectivity index (χ0n) is 32.7. The Morgan fingerprint density at radius 2 is 0.967 bits per heavy atom. The number of hydrogen-bond donors (Lipinski definition) is 0. The van der Waals surface area contributed by atoms with Crippen LogP contribution in [0.25, 0.3) is 99.6 Å². The second kappa shape index (κ2) is 15.5. The summed E-state index contributed by atoms with van der Waals surface area (Å²) >= 11 is 0. The van der Waals surface area contributed by atoms with Crippen molar-refractivity contribution in [3.8, 4) is 85.1 Å². The second-order valence-corrected chi connectivity index (χ2v) is 14.7. The third kappa shape index (κ3) is 6.75. The molecule has 6 nitrogen and oxygen atoms in total. The molecule has 0 bridgehead atoms. The van der Waals surface area contributed by atoms with Gasteiger partial charge in [-0.25, -0.2) is 14.8 Å². The first-order valence-electron chi connectivity index (χ1n) is 19.8. The highest BCUT2D eigenvalue weighted by molar-refractivity contribution is 6.12. The minimum absolute atomic E-state index is 0.546. The van der Waals surface area contributed by atoms with Crippen LogP contribution in [0.4, 0.5) is 5.69 Å². The van der Waals surface area contributed by atoms with E-state index in [1.165, 1.54) is 0 Å². The summed E-state index contributed by atoms with van der Waals surface area (Å²) in [6.07, 6.45) is 0. The predicted molar refractivity (Wildman–Crippen MR) is 245 cm³/mol. The first kappa shape index (κ1) is 36.5. The largest absolute Gasteiger partial charge is 0.308 e. The first-order chi connectivity index (χ1) is 30.1. The molecule has 0 amide bonds. The fourth-order valence-electron chi connectivity index (χ4n) is 8.14. The van der Waals surface area contributed by atoms with Gasteiger partial charge < -0.3 is 4.57 Å². The van der Waals surface area contributed by atoms with Crippen molar-refractivity contribution in [1.29, 1.82) is 10.5 Å². The summed E-state index contributed by atoms with van der Waals surface area (Å²) in [5.74, 6) is 0.562. The van der Waals surface area contributed by atoms with E-state index in [0.717, 1.165) is 89.0 Å². The molecular weight excluding hydrogens is 745 g/mol. The summed E-state index contributed by atoms with van der Waals surface area (Å²) in [4.78, 5) is 14.2. The Bertz CT molecular complexity index is 3280. The standard InChI is InChI=1S/C55H32N6/c1-58-45-26-23-39(24-27-45)48-32-44(55-59-50(40-12-4-2-5-13-40)33-51(60-55)41-14-6-3-7-15-41)31-47(38-21-19-36(34-56)20-22-38)54(48)61-52-18-9-8-17-46(52)49-30-43(25-28-53(49)61)42-16-10-11-37(29-42)35-57/h2-33H. The van der Waals surface area contributed by atoms with E-state index < -0.39 is 0 Å². The quantitative estimate of drug-likeness (QED) is 0.151. The third-order valence-electron chi connectivity index (χ3n) is 11.1.